The van der Waals surface area contributed by atoms with E-state index >= 15 is 0 Å². The maximum Gasteiger partial charge on any atom is 0.338 e. The van der Waals surface area contributed by atoms with E-state index in [4.69, 9.17) is 9.47 Å². The third-order valence-corrected chi connectivity index (χ3v) is 5.33. The lowest BCUT2D eigenvalue weighted by molar-refractivity contribution is -0.384. The minimum atomic E-state index is -0.805. The summed E-state index contributed by atoms with van der Waals surface area (Å²) in [5.74, 6) is -0.251. The van der Waals surface area contributed by atoms with Crippen molar-refractivity contribution in [3.8, 4) is 5.75 Å². The van der Waals surface area contributed by atoms with Gasteiger partial charge in [-0.2, -0.15) is 0 Å². The largest absolute Gasteiger partial charge is 0.492 e. The summed E-state index contributed by atoms with van der Waals surface area (Å²) in [5.41, 5.74) is 0.826. The van der Waals surface area contributed by atoms with Crippen molar-refractivity contribution in [3.63, 3.8) is 0 Å². The second-order valence-electron chi connectivity index (χ2n) is 7.68. The lowest BCUT2D eigenvalue weighted by Gasteiger charge is -2.31. The summed E-state index contributed by atoms with van der Waals surface area (Å²) in [5, 5.41) is 14.2. The van der Waals surface area contributed by atoms with Gasteiger partial charge in [-0.3, -0.25) is 14.9 Å². The number of esters is 1. The van der Waals surface area contributed by atoms with Crippen molar-refractivity contribution in [3.05, 3.63) is 58.1 Å². The number of hydrogen-bond donors (Lipinski definition) is 1. The van der Waals surface area contributed by atoms with Crippen LogP contribution in [0.1, 0.15) is 37.0 Å². The molecule has 1 N–H and O–H groups in total. The Balaban J connectivity index is 1.64. The van der Waals surface area contributed by atoms with E-state index < -0.39 is 23.4 Å². The van der Waals surface area contributed by atoms with Crippen LogP contribution in [0.15, 0.2) is 42.5 Å². The molecule has 0 saturated carbocycles. The van der Waals surface area contributed by atoms with Gasteiger partial charge in [0.1, 0.15) is 11.4 Å². The molecule has 0 aliphatic carbocycles. The first-order valence-electron chi connectivity index (χ1n) is 10.6. The van der Waals surface area contributed by atoms with Gasteiger partial charge >= 0.3 is 5.97 Å². The number of benzene rings is 2. The van der Waals surface area contributed by atoms with E-state index in [2.05, 4.69) is 12.2 Å². The number of carbonyl (C=O) groups is 2. The average Bonchev–Trinajstić information content (AvgIpc) is 2.79. The monoisotopic (exact) mass is 441 g/mol. The summed E-state index contributed by atoms with van der Waals surface area (Å²) in [7, 11) is 0. The van der Waals surface area contributed by atoms with Gasteiger partial charge in [0.2, 0.25) is 0 Å². The zero-order chi connectivity index (χ0) is 23.1. The Kier molecular flexibility index (Phi) is 7.64. The number of piperidine rings is 1. The molecule has 1 fully saturated rings. The van der Waals surface area contributed by atoms with Gasteiger partial charge in [0, 0.05) is 19.2 Å². The van der Waals surface area contributed by atoms with E-state index in [-0.39, 0.29) is 11.3 Å². The van der Waals surface area contributed by atoms with Crippen LogP contribution >= 0.6 is 0 Å². The lowest BCUT2D eigenvalue weighted by Crippen LogP contribution is -2.33. The zero-order valence-electron chi connectivity index (χ0n) is 18.2. The molecule has 2 aromatic rings. The summed E-state index contributed by atoms with van der Waals surface area (Å²) in [6.07, 6.45) is 1.92. The van der Waals surface area contributed by atoms with Crippen molar-refractivity contribution in [1.82, 2.24) is 0 Å². The van der Waals surface area contributed by atoms with E-state index in [0.717, 1.165) is 25.9 Å². The van der Waals surface area contributed by atoms with Crippen molar-refractivity contribution in [2.45, 2.75) is 26.7 Å². The number of nitrogens with one attached hydrogen (secondary N) is 1. The standard InChI is InChI=1S/C23H27N3O6/c1-3-31-21-7-5-4-6-18(21)24-22(27)15-32-23(28)17-8-9-19(20(14-17)26(29)30)25-12-10-16(2)11-13-25/h4-9,14,16H,3,10-13,15H2,1-2H3,(H,24,27). The van der Waals surface area contributed by atoms with Gasteiger partial charge in [0.25, 0.3) is 11.6 Å². The number of hydrogen-bond acceptors (Lipinski definition) is 7. The van der Waals surface area contributed by atoms with E-state index in [9.17, 15) is 19.7 Å². The highest BCUT2D eigenvalue weighted by Crippen LogP contribution is 2.32. The predicted octanol–water partition coefficient (Wildman–Crippen LogP) is 4.03. The average molecular weight is 441 g/mol. The molecule has 1 amide bonds. The van der Waals surface area contributed by atoms with Crippen LogP contribution in [0, 0.1) is 16.0 Å². The smallest absolute Gasteiger partial charge is 0.338 e. The Labute approximate surface area is 186 Å². The van der Waals surface area contributed by atoms with E-state index in [1.165, 1.54) is 12.1 Å². The normalized spacial score (nSPS) is 14.0. The highest BCUT2D eigenvalue weighted by atomic mass is 16.6. The molecule has 0 atom stereocenters. The van der Waals surface area contributed by atoms with Crippen LogP contribution in [-0.4, -0.2) is 43.1 Å². The van der Waals surface area contributed by atoms with Gasteiger partial charge in [0.15, 0.2) is 6.61 Å². The quantitative estimate of drug-likeness (QED) is 0.374. The molecule has 1 aliphatic rings. The molecule has 0 bridgehead atoms. The second kappa shape index (κ2) is 10.6. The molecule has 1 aliphatic heterocycles. The molecule has 0 aromatic heterocycles. The third-order valence-electron chi connectivity index (χ3n) is 5.33. The van der Waals surface area contributed by atoms with Gasteiger partial charge in [-0.25, -0.2) is 4.79 Å². The Morgan fingerprint density at radius 1 is 1.19 bits per heavy atom. The summed E-state index contributed by atoms with van der Waals surface area (Å²) in [6.45, 7) is 5.36. The fourth-order valence-electron chi connectivity index (χ4n) is 3.57. The molecule has 170 valence electrons. The number of amides is 1. The van der Waals surface area contributed by atoms with Gasteiger partial charge in [-0.1, -0.05) is 19.1 Å². The topological polar surface area (TPSA) is 111 Å². The predicted molar refractivity (Wildman–Crippen MR) is 120 cm³/mol. The van der Waals surface area contributed by atoms with Crippen LogP contribution in [0.5, 0.6) is 5.75 Å². The molecule has 0 radical (unpaired) electrons. The maximum atomic E-state index is 12.4. The number of nitro benzene ring substituents is 1. The molecular formula is C23H27N3O6. The van der Waals surface area contributed by atoms with Crippen LogP contribution < -0.4 is 15.0 Å². The van der Waals surface area contributed by atoms with E-state index in [1.54, 1.807) is 30.3 Å². The molecular weight excluding hydrogens is 414 g/mol. The van der Waals surface area contributed by atoms with Gasteiger partial charge < -0.3 is 19.7 Å². The van der Waals surface area contributed by atoms with Gasteiger partial charge in [0.05, 0.1) is 22.8 Å². The maximum absolute atomic E-state index is 12.4. The van der Waals surface area contributed by atoms with Crippen molar-refractivity contribution in [2.75, 3.05) is 36.5 Å². The number of rotatable bonds is 8. The Morgan fingerprint density at radius 3 is 2.59 bits per heavy atom. The molecule has 2 aromatic carbocycles. The van der Waals surface area contributed by atoms with E-state index in [1.807, 2.05) is 11.8 Å². The van der Waals surface area contributed by atoms with Gasteiger partial charge in [-0.15, -0.1) is 0 Å². The highest BCUT2D eigenvalue weighted by molar-refractivity contribution is 5.97. The molecule has 32 heavy (non-hydrogen) atoms. The summed E-state index contributed by atoms with van der Waals surface area (Å²) in [6, 6.07) is 11.2. The molecule has 1 saturated heterocycles. The number of para-hydroxylation sites is 2. The Bertz CT molecular complexity index is 985. The third kappa shape index (κ3) is 5.75. The van der Waals surface area contributed by atoms with Crippen LogP contribution in [0.4, 0.5) is 17.1 Å². The summed E-state index contributed by atoms with van der Waals surface area (Å²) < 4.78 is 10.5. The van der Waals surface area contributed by atoms with Gasteiger partial charge in [-0.05, 0) is 49.9 Å². The van der Waals surface area contributed by atoms with E-state index in [0.29, 0.717) is 29.6 Å². The van der Waals surface area contributed by atoms with Crippen molar-refractivity contribution in [1.29, 1.82) is 0 Å². The lowest BCUT2D eigenvalue weighted by atomic mass is 9.98. The number of nitrogens with zero attached hydrogens (tertiary/aromatic N) is 2. The summed E-state index contributed by atoms with van der Waals surface area (Å²) >= 11 is 0. The number of ether oxygens (including phenoxy) is 2. The second-order valence-corrected chi connectivity index (χ2v) is 7.68. The molecule has 1 heterocycles. The molecule has 9 heteroatoms. The van der Waals surface area contributed by atoms with Crippen molar-refractivity contribution < 1.29 is 24.0 Å². The Morgan fingerprint density at radius 2 is 1.91 bits per heavy atom. The van der Waals surface area contributed by atoms with Crippen LogP contribution in [-0.2, 0) is 9.53 Å². The minimum absolute atomic E-state index is 0.0216. The molecule has 0 unspecified atom stereocenters. The number of nitro groups is 1. The first-order valence-corrected chi connectivity index (χ1v) is 10.6. The molecule has 3 rings (SSSR count). The molecule has 0 spiro atoms. The first-order chi connectivity index (χ1) is 15.4. The highest BCUT2D eigenvalue weighted by Gasteiger charge is 2.25. The van der Waals surface area contributed by atoms with Crippen molar-refractivity contribution in [2.24, 2.45) is 5.92 Å². The van der Waals surface area contributed by atoms with Crippen LogP contribution in [0.25, 0.3) is 0 Å². The number of carbonyl (C=O) groups excluding carboxylic acids is 2. The fourth-order valence-corrected chi connectivity index (χ4v) is 3.57. The van der Waals surface area contributed by atoms with Crippen molar-refractivity contribution >= 4 is 28.9 Å². The number of anilines is 2. The first kappa shape index (κ1) is 23.1. The Hall–Kier alpha value is -3.62. The molecule has 9 nitrogen and oxygen atoms in total. The van der Waals surface area contributed by atoms with Crippen LogP contribution in [0.2, 0.25) is 0 Å². The SMILES string of the molecule is CCOc1ccccc1NC(=O)COC(=O)c1ccc(N2CCC(C)CC2)c([N+](=O)[O-])c1. The summed E-state index contributed by atoms with van der Waals surface area (Å²) in [4.78, 5) is 37.7. The zero-order valence-corrected chi connectivity index (χ0v) is 18.2. The van der Waals surface area contributed by atoms with Crippen LogP contribution in [0.3, 0.4) is 0 Å². The minimum Gasteiger partial charge on any atom is -0.492 e. The fraction of sp³-hybridized carbons (Fsp3) is 0.391.